The number of nitrogens with zero attached hydrogens (tertiary/aromatic N) is 1. The Hall–Kier alpha value is -1.40. The molecule has 0 aliphatic heterocycles. The minimum atomic E-state index is -0.194. The monoisotopic (exact) mass is 218 g/mol. The average Bonchev–Trinajstić information content (AvgIpc) is 2.74. The smallest absolute Gasteiger partial charge is 0.123 e. The molecule has 1 N–H and O–H groups in total. The molecule has 0 amide bonds. The van der Waals surface area contributed by atoms with Crippen molar-refractivity contribution in [3.63, 3.8) is 0 Å². The van der Waals surface area contributed by atoms with Crippen LogP contribution in [0.25, 0.3) is 0 Å². The highest BCUT2D eigenvalue weighted by Gasteiger charge is 2.23. The van der Waals surface area contributed by atoms with E-state index < -0.39 is 0 Å². The molecular formula is C13H15FN2. The van der Waals surface area contributed by atoms with E-state index in [4.69, 9.17) is 5.26 Å². The number of halogens is 1. The SMILES string of the molecule is N#C[C@H]1CC[C@@H](NCc2cccc(F)c2)C1. The van der Waals surface area contributed by atoms with Crippen LogP contribution in [-0.4, -0.2) is 6.04 Å². The molecule has 1 aliphatic rings. The lowest BCUT2D eigenvalue weighted by Crippen LogP contribution is -2.25. The van der Waals surface area contributed by atoms with E-state index in [-0.39, 0.29) is 11.7 Å². The van der Waals surface area contributed by atoms with Crippen LogP contribution >= 0.6 is 0 Å². The van der Waals surface area contributed by atoms with Crippen molar-refractivity contribution in [2.75, 3.05) is 0 Å². The molecule has 2 nitrogen and oxygen atoms in total. The van der Waals surface area contributed by atoms with Crippen molar-refractivity contribution in [3.8, 4) is 6.07 Å². The number of hydrogen-bond acceptors (Lipinski definition) is 2. The van der Waals surface area contributed by atoms with Gasteiger partial charge < -0.3 is 5.32 Å². The minimum absolute atomic E-state index is 0.194. The molecule has 2 atom stereocenters. The topological polar surface area (TPSA) is 35.8 Å². The van der Waals surface area contributed by atoms with E-state index in [2.05, 4.69) is 11.4 Å². The zero-order valence-corrected chi connectivity index (χ0v) is 9.12. The van der Waals surface area contributed by atoms with Crippen molar-refractivity contribution in [1.82, 2.24) is 5.32 Å². The Morgan fingerprint density at radius 3 is 3.00 bits per heavy atom. The summed E-state index contributed by atoms with van der Waals surface area (Å²) in [5, 5.41) is 12.1. The fourth-order valence-corrected chi connectivity index (χ4v) is 2.19. The molecule has 1 aromatic rings. The van der Waals surface area contributed by atoms with Gasteiger partial charge in [0.2, 0.25) is 0 Å². The first kappa shape index (κ1) is 11.1. The fourth-order valence-electron chi connectivity index (χ4n) is 2.19. The lowest BCUT2D eigenvalue weighted by molar-refractivity contribution is 0.513. The van der Waals surface area contributed by atoms with Crippen LogP contribution in [0.2, 0.25) is 0 Å². The normalized spacial score (nSPS) is 24.2. The third-order valence-corrected chi connectivity index (χ3v) is 3.10. The summed E-state index contributed by atoms with van der Waals surface area (Å²) < 4.78 is 12.9. The third-order valence-electron chi connectivity index (χ3n) is 3.10. The first-order valence-electron chi connectivity index (χ1n) is 5.65. The van der Waals surface area contributed by atoms with Gasteiger partial charge in [-0.3, -0.25) is 0 Å². The quantitative estimate of drug-likeness (QED) is 0.846. The van der Waals surface area contributed by atoms with Crippen LogP contribution in [0.3, 0.4) is 0 Å². The van der Waals surface area contributed by atoms with Crippen molar-refractivity contribution in [3.05, 3.63) is 35.6 Å². The molecule has 16 heavy (non-hydrogen) atoms. The Labute approximate surface area is 95.1 Å². The van der Waals surface area contributed by atoms with Crippen molar-refractivity contribution < 1.29 is 4.39 Å². The predicted octanol–water partition coefficient (Wildman–Crippen LogP) is 2.61. The molecule has 1 aromatic carbocycles. The zero-order valence-electron chi connectivity index (χ0n) is 9.12. The van der Waals surface area contributed by atoms with E-state index in [0.29, 0.717) is 12.6 Å². The number of hydrogen-bond donors (Lipinski definition) is 1. The Morgan fingerprint density at radius 1 is 1.44 bits per heavy atom. The molecule has 1 saturated carbocycles. The van der Waals surface area contributed by atoms with Gasteiger partial charge in [-0.15, -0.1) is 0 Å². The zero-order chi connectivity index (χ0) is 11.4. The highest BCUT2D eigenvalue weighted by molar-refractivity contribution is 5.16. The number of nitriles is 1. The van der Waals surface area contributed by atoms with Crippen molar-refractivity contribution in [1.29, 1.82) is 5.26 Å². The number of nitrogens with one attached hydrogen (secondary N) is 1. The van der Waals surface area contributed by atoms with Gasteiger partial charge >= 0.3 is 0 Å². The van der Waals surface area contributed by atoms with Crippen LogP contribution < -0.4 is 5.32 Å². The van der Waals surface area contributed by atoms with Crippen LogP contribution in [0.4, 0.5) is 4.39 Å². The van der Waals surface area contributed by atoms with Gasteiger partial charge in [-0.1, -0.05) is 12.1 Å². The molecule has 2 rings (SSSR count). The van der Waals surface area contributed by atoms with Gasteiger partial charge in [0.15, 0.2) is 0 Å². The highest BCUT2D eigenvalue weighted by Crippen LogP contribution is 2.24. The Balaban J connectivity index is 1.82. The predicted molar refractivity (Wildman–Crippen MR) is 60.0 cm³/mol. The lowest BCUT2D eigenvalue weighted by atomic mass is 10.1. The molecule has 0 radical (unpaired) electrons. The Morgan fingerprint density at radius 2 is 2.31 bits per heavy atom. The van der Waals surface area contributed by atoms with Crippen molar-refractivity contribution in [2.45, 2.75) is 31.8 Å². The minimum Gasteiger partial charge on any atom is -0.310 e. The fraction of sp³-hybridized carbons (Fsp3) is 0.462. The molecule has 1 aliphatic carbocycles. The molecule has 1 fully saturated rings. The second-order valence-corrected chi connectivity index (χ2v) is 4.35. The van der Waals surface area contributed by atoms with Crippen LogP contribution in [0, 0.1) is 23.1 Å². The average molecular weight is 218 g/mol. The van der Waals surface area contributed by atoms with Crippen LogP contribution in [0.5, 0.6) is 0 Å². The number of rotatable bonds is 3. The van der Waals surface area contributed by atoms with E-state index in [1.54, 1.807) is 12.1 Å². The molecule has 0 bridgehead atoms. The second kappa shape index (κ2) is 5.09. The van der Waals surface area contributed by atoms with Crippen LogP contribution in [-0.2, 0) is 6.54 Å². The van der Waals surface area contributed by atoms with Gasteiger partial charge in [-0.25, -0.2) is 4.39 Å². The maximum Gasteiger partial charge on any atom is 0.123 e. The molecule has 84 valence electrons. The molecular weight excluding hydrogens is 203 g/mol. The first-order chi connectivity index (χ1) is 7.78. The second-order valence-electron chi connectivity index (χ2n) is 4.35. The Kier molecular flexibility index (Phi) is 3.53. The summed E-state index contributed by atoms with van der Waals surface area (Å²) in [5.41, 5.74) is 0.959. The maximum atomic E-state index is 12.9. The van der Waals surface area contributed by atoms with Gasteiger partial charge in [-0.2, -0.15) is 5.26 Å². The Bertz CT molecular complexity index is 397. The summed E-state index contributed by atoms with van der Waals surface area (Å²) in [5.74, 6) is 0.00522. The number of benzene rings is 1. The van der Waals surface area contributed by atoms with Gasteiger partial charge in [0.05, 0.1) is 6.07 Å². The van der Waals surface area contributed by atoms with Crippen molar-refractivity contribution in [2.24, 2.45) is 5.92 Å². The first-order valence-corrected chi connectivity index (χ1v) is 5.65. The summed E-state index contributed by atoms with van der Waals surface area (Å²) in [7, 11) is 0. The van der Waals surface area contributed by atoms with E-state index in [0.717, 1.165) is 24.8 Å². The summed E-state index contributed by atoms with van der Waals surface area (Å²) in [6.07, 6.45) is 2.96. The van der Waals surface area contributed by atoms with E-state index >= 15 is 0 Å². The summed E-state index contributed by atoms with van der Waals surface area (Å²) >= 11 is 0. The standard InChI is InChI=1S/C13H15FN2/c14-12-3-1-2-11(6-12)9-16-13-5-4-10(7-13)8-15/h1-3,6,10,13,16H,4-5,7,9H2/t10-,13+/m0/s1. The van der Waals surface area contributed by atoms with Crippen LogP contribution in [0.15, 0.2) is 24.3 Å². The van der Waals surface area contributed by atoms with Crippen molar-refractivity contribution >= 4 is 0 Å². The van der Waals surface area contributed by atoms with E-state index in [1.807, 2.05) is 6.07 Å². The molecule has 0 saturated heterocycles. The van der Waals surface area contributed by atoms with Gasteiger partial charge in [0.1, 0.15) is 5.82 Å². The summed E-state index contributed by atoms with van der Waals surface area (Å²) in [4.78, 5) is 0. The highest BCUT2D eigenvalue weighted by atomic mass is 19.1. The lowest BCUT2D eigenvalue weighted by Gasteiger charge is -2.11. The molecule has 0 aromatic heterocycles. The van der Waals surface area contributed by atoms with Gasteiger partial charge in [0, 0.05) is 18.5 Å². The maximum absolute atomic E-state index is 12.9. The third kappa shape index (κ3) is 2.80. The summed E-state index contributed by atoms with van der Waals surface area (Å²) in [6.45, 7) is 0.681. The summed E-state index contributed by atoms with van der Waals surface area (Å²) in [6, 6.07) is 9.34. The van der Waals surface area contributed by atoms with E-state index in [1.165, 1.54) is 6.07 Å². The molecule has 3 heteroatoms. The molecule has 0 heterocycles. The molecule has 0 spiro atoms. The van der Waals surface area contributed by atoms with E-state index in [9.17, 15) is 4.39 Å². The molecule has 0 unspecified atom stereocenters. The van der Waals surface area contributed by atoms with Crippen LogP contribution in [0.1, 0.15) is 24.8 Å². The van der Waals surface area contributed by atoms with Gasteiger partial charge in [-0.05, 0) is 37.0 Å². The largest absolute Gasteiger partial charge is 0.310 e. The van der Waals surface area contributed by atoms with Gasteiger partial charge in [0.25, 0.3) is 0 Å².